The van der Waals surface area contributed by atoms with Crippen molar-refractivity contribution in [3.05, 3.63) is 59.2 Å². The Hall–Kier alpha value is -3.00. The van der Waals surface area contributed by atoms with Gasteiger partial charge in [-0.3, -0.25) is 9.59 Å². The Morgan fingerprint density at radius 3 is 2.54 bits per heavy atom. The van der Waals surface area contributed by atoms with Gasteiger partial charge in [0.05, 0.1) is 11.7 Å². The summed E-state index contributed by atoms with van der Waals surface area (Å²) in [5, 5.41) is 5.04. The third kappa shape index (κ3) is 4.45. The molecule has 1 aliphatic rings. The maximum absolute atomic E-state index is 12.6. The summed E-state index contributed by atoms with van der Waals surface area (Å²) in [4.78, 5) is 24.7. The van der Waals surface area contributed by atoms with E-state index < -0.39 is 18.4 Å². The lowest BCUT2D eigenvalue weighted by molar-refractivity contribution is -0.136. The topological polar surface area (TPSA) is 93.4 Å². The zero-order valence-corrected chi connectivity index (χ0v) is 15.2. The largest absolute Gasteiger partial charge is 0.433 e. The van der Waals surface area contributed by atoms with Gasteiger partial charge < -0.3 is 21.1 Å². The van der Waals surface area contributed by atoms with Crippen molar-refractivity contribution in [2.75, 3.05) is 5.32 Å². The molecule has 4 N–H and O–H groups in total. The SMILES string of the molecule is Cc1ccc(OC(F)F)c(NC(=O)C(=O)NC2CCC(N)c3ccccc32)c1. The van der Waals surface area contributed by atoms with E-state index in [9.17, 15) is 18.4 Å². The van der Waals surface area contributed by atoms with Crippen LogP contribution >= 0.6 is 0 Å². The molecule has 2 aromatic rings. The van der Waals surface area contributed by atoms with E-state index in [2.05, 4.69) is 15.4 Å². The summed E-state index contributed by atoms with van der Waals surface area (Å²) in [5.74, 6) is -2.03. The summed E-state index contributed by atoms with van der Waals surface area (Å²) in [7, 11) is 0. The van der Waals surface area contributed by atoms with Gasteiger partial charge in [-0.25, -0.2) is 0 Å². The fourth-order valence-electron chi connectivity index (χ4n) is 3.32. The van der Waals surface area contributed by atoms with Crippen molar-refractivity contribution >= 4 is 17.5 Å². The van der Waals surface area contributed by atoms with Gasteiger partial charge in [0.1, 0.15) is 5.75 Å². The van der Waals surface area contributed by atoms with Crippen molar-refractivity contribution in [1.82, 2.24) is 5.32 Å². The first-order valence-corrected chi connectivity index (χ1v) is 8.87. The van der Waals surface area contributed by atoms with Crippen LogP contribution in [0.3, 0.4) is 0 Å². The number of hydrogen-bond acceptors (Lipinski definition) is 4. The molecule has 0 radical (unpaired) electrons. The lowest BCUT2D eigenvalue weighted by Crippen LogP contribution is -2.39. The summed E-state index contributed by atoms with van der Waals surface area (Å²) >= 11 is 0. The molecule has 2 amide bonds. The number of rotatable bonds is 4. The molecule has 0 heterocycles. The molecule has 8 heteroatoms. The Bertz CT molecular complexity index is 889. The van der Waals surface area contributed by atoms with E-state index in [1.807, 2.05) is 24.3 Å². The van der Waals surface area contributed by atoms with Crippen LogP contribution in [0.1, 0.15) is 41.6 Å². The lowest BCUT2D eigenvalue weighted by atomic mass is 9.84. The standard InChI is InChI=1S/C20H21F2N3O3/c1-11-6-9-17(28-20(21)22)16(10-11)25-19(27)18(26)24-15-8-7-14(23)12-4-2-3-5-13(12)15/h2-6,9-10,14-15,20H,7-8,23H2,1H3,(H,24,26)(H,25,27). The van der Waals surface area contributed by atoms with Gasteiger partial charge in [0.15, 0.2) is 0 Å². The van der Waals surface area contributed by atoms with Crippen LogP contribution < -0.4 is 21.1 Å². The highest BCUT2D eigenvalue weighted by Gasteiger charge is 2.28. The Labute approximate surface area is 161 Å². The number of hydrogen-bond donors (Lipinski definition) is 3. The van der Waals surface area contributed by atoms with Crippen LogP contribution in [0.25, 0.3) is 0 Å². The average molecular weight is 389 g/mol. The Balaban J connectivity index is 1.72. The molecule has 1 aliphatic carbocycles. The van der Waals surface area contributed by atoms with E-state index in [1.54, 1.807) is 13.0 Å². The summed E-state index contributed by atoms with van der Waals surface area (Å²) in [6.45, 7) is -1.32. The number of carbonyl (C=O) groups excluding carboxylic acids is 2. The molecular formula is C20H21F2N3O3. The van der Waals surface area contributed by atoms with Gasteiger partial charge in [-0.15, -0.1) is 0 Å². The molecule has 0 aromatic heterocycles. The molecule has 0 spiro atoms. The first-order chi connectivity index (χ1) is 13.3. The molecule has 0 saturated heterocycles. The lowest BCUT2D eigenvalue weighted by Gasteiger charge is -2.30. The molecule has 0 saturated carbocycles. The van der Waals surface area contributed by atoms with Crippen LogP contribution in [0, 0.1) is 6.92 Å². The highest BCUT2D eigenvalue weighted by Crippen LogP contribution is 2.34. The predicted molar refractivity (Wildman–Crippen MR) is 99.9 cm³/mol. The summed E-state index contributed by atoms with van der Waals surface area (Å²) in [6.07, 6.45) is 1.27. The zero-order chi connectivity index (χ0) is 20.3. The first kappa shape index (κ1) is 19.8. The molecule has 3 rings (SSSR count). The van der Waals surface area contributed by atoms with E-state index in [0.717, 1.165) is 11.1 Å². The molecule has 28 heavy (non-hydrogen) atoms. The number of carbonyl (C=O) groups is 2. The number of amides is 2. The van der Waals surface area contributed by atoms with Gasteiger partial charge in [-0.05, 0) is 48.6 Å². The quantitative estimate of drug-likeness (QED) is 0.700. The van der Waals surface area contributed by atoms with E-state index in [-0.39, 0.29) is 23.5 Å². The van der Waals surface area contributed by atoms with Gasteiger partial charge in [-0.2, -0.15) is 8.78 Å². The van der Waals surface area contributed by atoms with Gasteiger partial charge >= 0.3 is 18.4 Å². The van der Waals surface area contributed by atoms with Crippen molar-refractivity contribution in [1.29, 1.82) is 0 Å². The van der Waals surface area contributed by atoms with Crippen LogP contribution in [0.2, 0.25) is 0 Å². The molecule has 0 aliphatic heterocycles. The van der Waals surface area contributed by atoms with Crippen molar-refractivity contribution in [3.63, 3.8) is 0 Å². The second-order valence-corrected chi connectivity index (χ2v) is 6.67. The molecule has 0 fully saturated rings. The number of aryl methyl sites for hydroxylation is 1. The summed E-state index contributed by atoms with van der Waals surface area (Å²) in [6, 6.07) is 11.4. The predicted octanol–water partition coefficient (Wildman–Crippen LogP) is 3.19. The Morgan fingerprint density at radius 2 is 1.82 bits per heavy atom. The zero-order valence-electron chi connectivity index (χ0n) is 15.2. The van der Waals surface area contributed by atoms with E-state index in [0.29, 0.717) is 18.4 Å². The number of nitrogens with two attached hydrogens (primary N) is 1. The first-order valence-electron chi connectivity index (χ1n) is 8.87. The van der Waals surface area contributed by atoms with Crippen LogP contribution in [-0.2, 0) is 9.59 Å². The van der Waals surface area contributed by atoms with E-state index in [4.69, 9.17) is 5.73 Å². The van der Waals surface area contributed by atoms with Crippen molar-refractivity contribution in [3.8, 4) is 5.75 Å². The fraction of sp³-hybridized carbons (Fsp3) is 0.300. The Kier molecular flexibility index (Phi) is 5.89. The minimum atomic E-state index is -3.05. The Morgan fingerprint density at radius 1 is 1.11 bits per heavy atom. The molecule has 2 atom stereocenters. The number of alkyl halides is 2. The average Bonchev–Trinajstić information content (AvgIpc) is 2.66. The normalized spacial score (nSPS) is 18.3. The van der Waals surface area contributed by atoms with Crippen LogP contribution in [0.15, 0.2) is 42.5 Å². The van der Waals surface area contributed by atoms with Gasteiger partial charge in [0.25, 0.3) is 0 Å². The minimum Gasteiger partial charge on any atom is -0.433 e. The van der Waals surface area contributed by atoms with Crippen LogP contribution in [0.4, 0.5) is 14.5 Å². The maximum Gasteiger partial charge on any atom is 0.387 e. The monoisotopic (exact) mass is 389 g/mol. The third-order valence-corrected chi connectivity index (χ3v) is 4.65. The number of benzene rings is 2. The molecule has 2 aromatic carbocycles. The number of fused-ring (bicyclic) bond motifs is 1. The highest BCUT2D eigenvalue weighted by atomic mass is 19.3. The number of anilines is 1. The fourth-order valence-corrected chi connectivity index (χ4v) is 3.32. The minimum absolute atomic E-state index is 0.00603. The number of ether oxygens (including phenoxy) is 1. The maximum atomic E-state index is 12.6. The second-order valence-electron chi connectivity index (χ2n) is 6.67. The van der Waals surface area contributed by atoms with E-state index >= 15 is 0 Å². The number of halogens is 2. The van der Waals surface area contributed by atoms with Crippen LogP contribution in [0.5, 0.6) is 5.75 Å². The molecule has 6 nitrogen and oxygen atoms in total. The summed E-state index contributed by atoms with van der Waals surface area (Å²) in [5.41, 5.74) is 8.64. The second kappa shape index (κ2) is 8.35. The van der Waals surface area contributed by atoms with Gasteiger partial charge in [-0.1, -0.05) is 30.3 Å². The molecular weight excluding hydrogens is 368 g/mol. The smallest absolute Gasteiger partial charge is 0.387 e. The number of nitrogens with one attached hydrogen (secondary N) is 2. The van der Waals surface area contributed by atoms with Gasteiger partial charge in [0.2, 0.25) is 0 Å². The summed E-state index contributed by atoms with van der Waals surface area (Å²) < 4.78 is 29.5. The third-order valence-electron chi connectivity index (χ3n) is 4.65. The van der Waals surface area contributed by atoms with Crippen molar-refractivity contribution < 1.29 is 23.1 Å². The highest BCUT2D eigenvalue weighted by molar-refractivity contribution is 6.39. The van der Waals surface area contributed by atoms with Crippen molar-refractivity contribution in [2.45, 2.75) is 38.5 Å². The molecule has 148 valence electrons. The van der Waals surface area contributed by atoms with Crippen molar-refractivity contribution in [2.24, 2.45) is 5.73 Å². The van der Waals surface area contributed by atoms with Gasteiger partial charge in [0, 0.05) is 6.04 Å². The van der Waals surface area contributed by atoms with E-state index in [1.165, 1.54) is 12.1 Å². The van der Waals surface area contributed by atoms with Crippen LogP contribution in [-0.4, -0.2) is 18.4 Å². The molecule has 0 bridgehead atoms. The molecule has 2 unspecified atom stereocenters.